The first-order valence-corrected chi connectivity index (χ1v) is 9.31. The smallest absolute Gasteiger partial charge is 0.125 e. The van der Waals surface area contributed by atoms with Gasteiger partial charge in [0.25, 0.3) is 0 Å². The van der Waals surface area contributed by atoms with Crippen LogP contribution in [0.1, 0.15) is 5.56 Å². The second kappa shape index (κ2) is 9.83. The minimum atomic E-state index is 0. The molecule has 142 valence electrons. The van der Waals surface area contributed by atoms with E-state index in [-0.39, 0.29) is 12.4 Å². The van der Waals surface area contributed by atoms with Gasteiger partial charge in [0.05, 0.1) is 0 Å². The highest BCUT2D eigenvalue weighted by molar-refractivity contribution is 6.31. The highest BCUT2D eigenvalue weighted by atomic mass is 35.5. The molecule has 0 amide bonds. The molecule has 2 aliphatic rings. The van der Waals surface area contributed by atoms with Crippen LogP contribution in [-0.2, 0) is 0 Å². The van der Waals surface area contributed by atoms with Gasteiger partial charge in [0, 0.05) is 75.2 Å². The van der Waals surface area contributed by atoms with Gasteiger partial charge < -0.3 is 19.9 Å². The summed E-state index contributed by atoms with van der Waals surface area (Å²) in [5.74, 6) is 0.921. The van der Waals surface area contributed by atoms with Crippen molar-refractivity contribution in [3.8, 4) is 5.75 Å². The Balaban J connectivity index is 0.00000225. The lowest BCUT2D eigenvalue weighted by Crippen LogP contribution is -2.45. The largest absolute Gasteiger partial charge is 0.492 e. The lowest BCUT2D eigenvalue weighted by Gasteiger charge is -2.32. The van der Waals surface area contributed by atoms with E-state index in [4.69, 9.17) is 16.3 Å². The quantitative estimate of drug-likeness (QED) is 0.834. The normalized spacial score (nSPS) is 19.6. The molecule has 0 radical (unpaired) electrons. The topological polar surface area (TPSA) is 31.0 Å². The Morgan fingerprint density at radius 2 is 1.76 bits per heavy atom. The van der Waals surface area contributed by atoms with Crippen LogP contribution in [0.25, 0.3) is 0 Å². The zero-order valence-corrected chi connectivity index (χ0v) is 16.8. The van der Waals surface area contributed by atoms with Crippen molar-refractivity contribution in [1.29, 1.82) is 0 Å². The number of nitrogens with one attached hydrogen (secondary N) is 1. The van der Waals surface area contributed by atoms with E-state index in [1.165, 1.54) is 11.3 Å². The first kappa shape index (κ1) is 20.6. The molecule has 0 unspecified atom stereocenters. The van der Waals surface area contributed by atoms with Crippen LogP contribution >= 0.6 is 24.0 Å². The molecule has 0 saturated carbocycles. The first-order valence-electron chi connectivity index (χ1n) is 8.93. The second-order valence-electron chi connectivity index (χ2n) is 6.78. The molecule has 7 heteroatoms. The van der Waals surface area contributed by atoms with Gasteiger partial charge in [0.1, 0.15) is 12.4 Å². The fourth-order valence-electron chi connectivity index (χ4n) is 3.38. The van der Waals surface area contributed by atoms with Crippen molar-refractivity contribution in [3.63, 3.8) is 0 Å². The summed E-state index contributed by atoms with van der Waals surface area (Å²) in [6, 6.07) is 4.02. The highest BCUT2D eigenvalue weighted by Crippen LogP contribution is 2.33. The summed E-state index contributed by atoms with van der Waals surface area (Å²) in [5, 5.41) is 4.15. The summed E-state index contributed by atoms with van der Waals surface area (Å²) in [6.07, 6.45) is 0. The Morgan fingerprint density at radius 1 is 1.08 bits per heavy atom. The summed E-state index contributed by atoms with van der Waals surface area (Å²) in [6.45, 7) is 12.4. The van der Waals surface area contributed by atoms with E-state index in [2.05, 4.69) is 40.1 Å². The maximum Gasteiger partial charge on any atom is 0.125 e. The van der Waals surface area contributed by atoms with E-state index < -0.39 is 0 Å². The van der Waals surface area contributed by atoms with Crippen LogP contribution in [0.4, 0.5) is 5.69 Å². The van der Waals surface area contributed by atoms with Crippen LogP contribution < -0.4 is 15.0 Å². The SMILES string of the molecule is Cc1c(OCCN2CCN(C)CC2)cc(Cl)cc1N1CCNCC1.Cl. The number of hydrogen-bond donors (Lipinski definition) is 1. The van der Waals surface area contributed by atoms with E-state index >= 15 is 0 Å². The molecule has 2 aliphatic heterocycles. The first-order chi connectivity index (χ1) is 11.6. The standard InChI is InChI=1S/C18H29ClN4O.ClH/c1-15-17(23-5-3-20-4-6-23)13-16(19)14-18(15)24-12-11-22-9-7-21(2)8-10-22;/h13-14,20H,3-12H2,1-2H3;1H. The Hall–Kier alpha value is -0.720. The summed E-state index contributed by atoms with van der Waals surface area (Å²) >= 11 is 6.35. The molecule has 5 nitrogen and oxygen atoms in total. The van der Waals surface area contributed by atoms with Gasteiger partial charge >= 0.3 is 0 Å². The van der Waals surface area contributed by atoms with Crippen molar-refractivity contribution in [2.45, 2.75) is 6.92 Å². The maximum atomic E-state index is 6.35. The fourth-order valence-corrected chi connectivity index (χ4v) is 3.58. The van der Waals surface area contributed by atoms with Crippen molar-refractivity contribution in [3.05, 3.63) is 22.7 Å². The van der Waals surface area contributed by atoms with Gasteiger partial charge in [-0.25, -0.2) is 0 Å². The molecule has 0 bridgehead atoms. The molecule has 2 fully saturated rings. The zero-order chi connectivity index (χ0) is 16.9. The molecular weight excluding hydrogens is 359 g/mol. The van der Waals surface area contributed by atoms with E-state index in [0.29, 0.717) is 6.61 Å². The lowest BCUT2D eigenvalue weighted by molar-refractivity contribution is 0.133. The third kappa shape index (κ3) is 5.63. The monoisotopic (exact) mass is 388 g/mol. The average molecular weight is 389 g/mol. The molecule has 0 aliphatic carbocycles. The number of rotatable bonds is 5. The minimum absolute atomic E-state index is 0. The van der Waals surface area contributed by atoms with Gasteiger partial charge in [0.15, 0.2) is 0 Å². The van der Waals surface area contributed by atoms with Crippen molar-refractivity contribution >= 4 is 29.7 Å². The molecule has 1 aromatic carbocycles. The predicted molar refractivity (Wildman–Crippen MR) is 108 cm³/mol. The van der Waals surface area contributed by atoms with Crippen LogP contribution in [0.3, 0.4) is 0 Å². The zero-order valence-electron chi connectivity index (χ0n) is 15.3. The van der Waals surface area contributed by atoms with Gasteiger partial charge in [-0.1, -0.05) is 11.6 Å². The molecule has 1 aromatic rings. The number of likely N-dealkylation sites (N-methyl/N-ethyl adjacent to an activating group) is 1. The summed E-state index contributed by atoms with van der Waals surface area (Å²) < 4.78 is 6.10. The number of hydrogen-bond acceptors (Lipinski definition) is 5. The van der Waals surface area contributed by atoms with E-state index in [9.17, 15) is 0 Å². The van der Waals surface area contributed by atoms with Crippen molar-refractivity contribution in [2.75, 3.05) is 77.5 Å². The average Bonchev–Trinajstić information content (AvgIpc) is 2.60. The van der Waals surface area contributed by atoms with Gasteiger partial charge in [0.2, 0.25) is 0 Å². The van der Waals surface area contributed by atoms with Crippen molar-refractivity contribution in [2.24, 2.45) is 0 Å². The van der Waals surface area contributed by atoms with E-state index in [1.54, 1.807) is 0 Å². The van der Waals surface area contributed by atoms with Gasteiger partial charge in [-0.2, -0.15) is 0 Å². The van der Waals surface area contributed by atoms with E-state index in [1.807, 2.05) is 6.07 Å². The number of ether oxygens (including phenoxy) is 1. The Kier molecular flexibility index (Phi) is 8.10. The van der Waals surface area contributed by atoms with Crippen LogP contribution in [0.15, 0.2) is 12.1 Å². The highest BCUT2D eigenvalue weighted by Gasteiger charge is 2.17. The summed E-state index contributed by atoms with van der Waals surface area (Å²) in [5.41, 5.74) is 2.40. The van der Waals surface area contributed by atoms with Crippen molar-refractivity contribution in [1.82, 2.24) is 15.1 Å². The number of anilines is 1. The molecule has 0 aromatic heterocycles. The molecular formula is C18H30Cl2N4O. The second-order valence-corrected chi connectivity index (χ2v) is 7.21. The Labute approximate surface area is 162 Å². The molecule has 2 saturated heterocycles. The minimum Gasteiger partial charge on any atom is -0.492 e. The number of benzene rings is 1. The van der Waals surface area contributed by atoms with Crippen LogP contribution in [0, 0.1) is 6.92 Å². The van der Waals surface area contributed by atoms with Crippen LogP contribution in [0.2, 0.25) is 5.02 Å². The predicted octanol–water partition coefficient (Wildman–Crippen LogP) is 2.11. The molecule has 0 atom stereocenters. The van der Waals surface area contributed by atoms with Gasteiger partial charge in [-0.15, -0.1) is 12.4 Å². The maximum absolute atomic E-state index is 6.35. The summed E-state index contributed by atoms with van der Waals surface area (Å²) in [4.78, 5) is 7.24. The third-order valence-corrected chi connectivity index (χ3v) is 5.23. The van der Waals surface area contributed by atoms with Gasteiger partial charge in [-0.05, 0) is 26.1 Å². The molecule has 3 rings (SSSR count). The van der Waals surface area contributed by atoms with Crippen LogP contribution in [0.5, 0.6) is 5.75 Å². The summed E-state index contributed by atoms with van der Waals surface area (Å²) in [7, 11) is 2.18. The number of halogens is 2. The van der Waals surface area contributed by atoms with Crippen molar-refractivity contribution < 1.29 is 4.74 Å². The molecule has 1 N–H and O–H groups in total. The molecule has 0 spiro atoms. The number of nitrogens with zero attached hydrogens (tertiary/aromatic N) is 3. The lowest BCUT2D eigenvalue weighted by atomic mass is 10.1. The number of piperazine rings is 2. The van der Waals surface area contributed by atoms with Crippen LogP contribution in [-0.4, -0.2) is 82.4 Å². The Bertz CT molecular complexity index is 544. The molecule has 2 heterocycles. The third-order valence-electron chi connectivity index (χ3n) is 5.02. The Morgan fingerprint density at radius 3 is 2.44 bits per heavy atom. The fraction of sp³-hybridized carbons (Fsp3) is 0.667. The molecule has 25 heavy (non-hydrogen) atoms. The van der Waals surface area contributed by atoms with E-state index in [0.717, 1.165) is 69.7 Å². The van der Waals surface area contributed by atoms with Gasteiger partial charge in [-0.3, -0.25) is 4.90 Å².